The molecule has 0 aliphatic rings. The van der Waals surface area contributed by atoms with E-state index >= 15 is 0 Å². The van der Waals surface area contributed by atoms with Crippen LogP contribution in [0, 0.1) is 18.3 Å². The van der Waals surface area contributed by atoms with E-state index in [2.05, 4.69) is 19.8 Å². The van der Waals surface area contributed by atoms with Crippen molar-refractivity contribution in [3.05, 3.63) is 60.7 Å². The van der Waals surface area contributed by atoms with Gasteiger partial charge in [0.05, 0.1) is 0 Å². The molecule has 0 bridgehead atoms. The first-order chi connectivity index (χ1) is 10.6. The highest BCUT2D eigenvalue weighted by Gasteiger charge is 2.36. The van der Waals surface area contributed by atoms with Gasteiger partial charge in [-0.25, -0.2) is 0 Å². The van der Waals surface area contributed by atoms with Crippen LogP contribution in [0.2, 0.25) is 0 Å². The van der Waals surface area contributed by atoms with Gasteiger partial charge in [0.1, 0.15) is 7.14 Å². The lowest BCUT2D eigenvalue weighted by molar-refractivity contribution is 0.533. The summed E-state index contributed by atoms with van der Waals surface area (Å²) >= 11 is 0. The van der Waals surface area contributed by atoms with Crippen LogP contribution in [0.15, 0.2) is 60.7 Å². The maximum absolute atomic E-state index is 14.1. The summed E-state index contributed by atoms with van der Waals surface area (Å²) in [4.78, 5) is 0. The number of terminal acetylenes is 1. The maximum atomic E-state index is 14.1. The van der Waals surface area contributed by atoms with E-state index in [1.54, 1.807) is 0 Å². The van der Waals surface area contributed by atoms with E-state index in [0.29, 0.717) is 12.3 Å². The molecule has 0 aliphatic heterocycles. The Morgan fingerprint density at radius 2 is 1.41 bits per heavy atom. The molecule has 2 aromatic rings. The largest absolute Gasteiger partial charge is 0.313 e. The Kier molecular flexibility index (Phi) is 5.64. The van der Waals surface area contributed by atoms with Crippen LogP contribution in [0.5, 0.6) is 0 Å². The second-order valence-corrected chi connectivity index (χ2v) is 9.10. The van der Waals surface area contributed by atoms with E-state index in [4.69, 9.17) is 6.42 Å². The van der Waals surface area contributed by atoms with Crippen LogP contribution in [0.3, 0.4) is 0 Å². The fraction of sp³-hybridized carbons (Fsp3) is 0.300. The summed E-state index contributed by atoms with van der Waals surface area (Å²) in [6.07, 6.45) is 6.99. The molecule has 1 nitrogen and oxygen atoms in total. The Balaban J connectivity index is 2.59. The Bertz CT molecular complexity index is 624. The van der Waals surface area contributed by atoms with Gasteiger partial charge in [0.2, 0.25) is 0 Å². The van der Waals surface area contributed by atoms with Gasteiger partial charge < -0.3 is 4.57 Å². The molecule has 2 aromatic carbocycles. The molecule has 22 heavy (non-hydrogen) atoms. The van der Waals surface area contributed by atoms with Crippen LogP contribution in [-0.4, -0.2) is 5.66 Å². The standard InChI is InChI=1S/C20H23OP/c1-4-11-20(16-17(2)3)22(21,18-12-7-5-8-13-18)19-14-9-6-10-15-19/h1,5-10,12-15,17,20H,11,16H2,2-3H3/t20-/m0/s1. The Labute approximate surface area is 134 Å². The fourth-order valence-corrected chi connectivity index (χ4v) is 6.36. The lowest BCUT2D eigenvalue weighted by Crippen LogP contribution is -2.27. The van der Waals surface area contributed by atoms with Crippen molar-refractivity contribution in [1.82, 2.24) is 0 Å². The zero-order chi connectivity index (χ0) is 16.0. The van der Waals surface area contributed by atoms with Gasteiger partial charge in [-0.1, -0.05) is 74.5 Å². The van der Waals surface area contributed by atoms with Gasteiger partial charge in [0.15, 0.2) is 0 Å². The molecule has 0 radical (unpaired) electrons. The minimum atomic E-state index is -2.75. The first-order valence-corrected chi connectivity index (χ1v) is 9.51. The minimum absolute atomic E-state index is 0.0118. The molecule has 0 spiro atoms. The lowest BCUT2D eigenvalue weighted by Gasteiger charge is -2.29. The second-order valence-electron chi connectivity index (χ2n) is 6.02. The van der Waals surface area contributed by atoms with E-state index in [-0.39, 0.29) is 5.66 Å². The summed E-state index contributed by atoms with van der Waals surface area (Å²) in [6, 6.07) is 19.6. The summed E-state index contributed by atoms with van der Waals surface area (Å²) in [7, 11) is -2.75. The SMILES string of the molecule is C#CC[C@@H](CC(C)C)P(=O)(c1ccccc1)c1ccccc1. The van der Waals surface area contributed by atoms with Crippen LogP contribution in [0.25, 0.3) is 0 Å². The monoisotopic (exact) mass is 310 g/mol. The molecule has 0 unspecified atom stereocenters. The molecule has 2 rings (SSSR count). The predicted molar refractivity (Wildman–Crippen MR) is 96.5 cm³/mol. The Hall–Kier alpha value is -1.77. The molecule has 0 saturated heterocycles. The van der Waals surface area contributed by atoms with Crippen molar-refractivity contribution in [2.75, 3.05) is 0 Å². The van der Waals surface area contributed by atoms with E-state index < -0.39 is 7.14 Å². The van der Waals surface area contributed by atoms with Gasteiger partial charge in [-0.05, 0) is 12.3 Å². The molecule has 0 saturated carbocycles. The highest BCUT2D eigenvalue weighted by Crippen LogP contribution is 2.52. The van der Waals surface area contributed by atoms with Gasteiger partial charge in [0, 0.05) is 22.7 Å². The highest BCUT2D eigenvalue weighted by molar-refractivity contribution is 7.79. The van der Waals surface area contributed by atoms with Crippen molar-refractivity contribution in [3.8, 4) is 12.3 Å². The van der Waals surface area contributed by atoms with E-state index in [9.17, 15) is 4.57 Å². The van der Waals surface area contributed by atoms with Crippen LogP contribution < -0.4 is 10.6 Å². The quantitative estimate of drug-likeness (QED) is 0.569. The molecule has 2 heteroatoms. The van der Waals surface area contributed by atoms with Crippen LogP contribution >= 0.6 is 7.14 Å². The number of hydrogen-bond acceptors (Lipinski definition) is 1. The van der Waals surface area contributed by atoms with Crippen LogP contribution in [-0.2, 0) is 4.57 Å². The third-order valence-electron chi connectivity index (χ3n) is 3.89. The van der Waals surface area contributed by atoms with Crippen molar-refractivity contribution < 1.29 is 4.57 Å². The molecule has 0 aromatic heterocycles. The number of hydrogen-bond donors (Lipinski definition) is 0. The van der Waals surface area contributed by atoms with E-state index in [1.165, 1.54) is 0 Å². The third kappa shape index (κ3) is 3.52. The molecular formula is C20H23OP. The number of rotatable bonds is 6. The first-order valence-electron chi connectivity index (χ1n) is 7.73. The molecule has 0 aliphatic carbocycles. The molecule has 0 heterocycles. The first kappa shape index (κ1) is 16.6. The normalized spacial score (nSPS) is 12.8. The topological polar surface area (TPSA) is 17.1 Å². The molecule has 114 valence electrons. The summed E-state index contributed by atoms with van der Waals surface area (Å²) in [5.41, 5.74) is -0.0118. The van der Waals surface area contributed by atoms with E-state index in [1.807, 2.05) is 60.7 Å². The summed E-state index contributed by atoms with van der Waals surface area (Å²) in [5, 5.41) is 1.81. The summed E-state index contributed by atoms with van der Waals surface area (Å²) in [5.74, 6) is 3.20. The minimum Gasteiger partial charge on any atom is -0.313 e. The average molecular weight is 310 g/mol. The van der Waals surface area contributed by atoms with Crippen molar-refractivity contribution in [2.24, 2.45) is 5.92 Å². The Morgan fingerprint density at radius 3 is 1.77 bits per heavy atom. The second kappa shape index (κ2) is 7.48. The van der Waals surface area contributed by atoms with Crippen LogP contribution in [0.4, 0.5) is 0 Å². The molecule has 1 atom stereocenters. The average Bonchev–Trinajstić information content (AvgIpc) is 2.55. The highest BCUT2D eigenvalue weighted by atomic mass is 31.2. The molecular weight excluding hydrogens is 287 g/mol. The predicted octanol–water partition coefficient (Wildman–Crippen LogP) is 4.44. The third-order valence-corrected chi connectivity index (χ3v) is 7.44. The van der Waals surface area contributed by atoms with Crippen molar-refractivity contribution in [2.45, 2.75) is 32.3 Å². The molecule has 0 amide bonds. The fourth-order valence-electron chi connectivity index (χ4n) is 2.91. The summed E-state index contributed by atoms with van der Waals surface area (Å²) in [6.45, 7) is 4.31. The van der Waals surface area contributed by atoms with Gasteiger partial charge in [-0.15, -0.1) is 12.3 Å². The summed E-state index contributed by atoms with van der Waals surface area (Å²) < 4.78 is 14.1. The van der Waals surface area contributed by atoms with Crippen molar-refractivity contribution in [1.29, 1.82) is 0 Å². The molecule has 0 N–H and O–H groups in total. The lowest BCUT2D eigenvalue weighted by atomic mass is 10.1. The van der Waals surface area contributed by atoms with Gasteiger partial charge in [-0.3, -0.25) is 0 Å². The van der Waals surface area contributed by atoms with E-state index in [0.717, 1.165) is 17.0 Å². The zero-order valence-corrected chi connectivity index (χ0v) is 14.2. The van der Waals surface area contributed by atoms with Crippen molar-refractivity contribution in [3.63, 3.8) is 0 Å². The van der Waals surface area contributed by atoms with Crippen LogP contribution in [0.1, 0.15) is 26.7 Å². The Morgan fingerprint density at radius 1 is 0.955 bits per heavy atom. The molecule has 0 fully saturated rings. The number of benzene rings is 2. The van der Waals surface area contributed by atoms with Gasteiger partial charge >= 0.3 is 0 Å². The van der Waals surface area contributed by atoms with Gasteiger partial charge in [0.25, 0.3) is 0 Å². The van der Waals surface area contributed by atoms with Gasteiger partial charge in [-0.2, -0.15) is 0 Å². The van der Waals surface area contributed by atoms with Crippen molar-refractivity contribution >= 4 is 17.8 Å². The smallest absolute Gasteiger partial charge is 0.147 e. The zero-order valence-electron chi connectivity index (χ0n) is 13.3. The maximum Gasteiger partial charge on any atom is 0.147 e.